The van der Waals surface area contributed by atoms with Gasteiger partial charge >= 0.3 is 0 Å². The van der Waals surface area contributed by atoms with E-state index >= 15 is 0 Å². The van der Waals surface area contributed by atoms with E-state index in [1.165, 1.54) is 27.8 Å². The molecule has 2 aliphatic rings. The van der Waals surface area contributed by atoms with Gasteiger partial charge in [-0.05, 0) is 40.8 Å². The molecule has 5 rings (SSSR count). The van der Waals surface area contributed by atoms with E-state index in [4.69, 9.17) is 0 Å². The summed E-state index contributed by atoms with van der Waals surface area (Å²) in [6.45, 7) is 7.16. The lowest BCUT2D eigenvalue weighted by Gasteiger charge is -2.36. The molecular weight excluding hydrogens is 344 g/mol. The number of hydrogen-bond acceptors (Lipinski definition) is 3. The Morgan fingerprint density at radius 1 is 1.00 bits per heavy atom. The Morgan fingerprint density at radius 2 is 1.75 bits per heavy atom. The Labute approximate surface area is 166 Å². The van der Waals surface area contributed by atoms with Gasteiger partial charge < -0.3 is 9.88 Å². The maximum absolute atomic E-state index is 4.41. The zero-order valence-electron chi connectivity index (χ0n) is 16.3. The molecule has 142 valence electrons. The number of fused-ring (bicyclic) bond motifs is 2. The summed E-state index contributed by atoms with van der Waals surface area (Å²) in [5, 5.41) is 3.50. The number of rotatable bonds is 3. The number of aromatic nitrogens is 2. The highest BCUT2D eigenvalue weighted by atomic mass is 15.2. The molecule has 1 N–H and O–H groups in total. The van der Waals surface area contributed by atoms with Gasteiger partial charge in [0, 0.05) is 45.1 Å². The predicted molar refractivity (Wildman–Crippen MR) is 114 cm³/mol. The fourth-order valence-corrected chi connectivity index (χ4v) is 4.57. The number of allylic oxidation sites excluding steroid dienone is 1. The zero-order valence-corrected chi connectivity index (χ0v) is 16.3. The van der Waals surface area contributed by atoms with E-state index in [1.54, 1.807) is 0 Å². The summed E-state index contributed by atoms with van der Waals surface area (Å²) in [6.07, 6.45) is 6.34. The minimum atomic E-state index is 0.298. The average molecular weight is 371 g/mol. The molecule has 28 heavy (non-hydrogen) atoms. The Hall–Kier alpha value is -2.69. The highest BCUT2D eigenvalue weighted by Crippen LogP contribution is 2.40. The topological polar surface area (TPSA) is 33.1 Å². The van der Waals surface area contributed by atoms with E-state index < -0.39 is 0 Å². The second kappa shape index (κ2) is 7.38. The van der Waals surface area contributed by atoms with Crippen molar-refractivity contribution in [3.63, 3.8) is 0 Å². The van der Waals surface area contributed by atoms with Crippen LogP contribution in [0.5, 0.6) is 0 Å². The second-order valence-corrected chi connectivity index (χ2v) is 7.68. The first kappa shape index (κ1) is 17.4. The van der Waals surface area contributed by atoms with E-state index in [0.717, 1.165) is 38.5 Å². The van der Waals surface area contributed by atoms with Crippen molar-refractivity contribution in [3.05, 3.63) is 89.0 Å². The molecule has 0 saturated carbocycles. The quantitative estimate of drug-likeness (QED) is 0.762. The van der Waals surface area contributed by atoms with E-state index in [2.05, 4.69) is 87.5 Å². The maximum atomic E-state index is 4.41. The van der Waals surface area contributed by atoms with Crippen molar-refractivity contribution >= 4 is 11.6 Å². The molecule has 1 aliphatic heterocycles. The van der Waals surface area contributed by atoms with Crippen molar-refractivity contribution in [2.75, 3.05) is 26.2 Å². The summed E-state index contributed by atoms with van der Waals surface area (Å²) in [5.41, 5.74) is 6.86. The van der Waals surface area contributed by atoms with E-state index in [0.29, 0.717) is 6.04 Å². The van der Waals surface area contributed by atoms with Gasteiger partial charge in [0.05, 0.1) is 6.04 Å². The van der Waals surface area contributed by atoms with Gasteiger partial charge in [-0.1, -0.05) is 48.5 Å². The van der Waals surface area contributed by atoms with Gasteiger partial charge in [-0.3, -0.25) is 4.90 Å². The molecule has 1 aliphatic carbocycles. The number of nitrogens with one attached hydrogen (secondary N) is 1. The van der Waals surface area contributed by atoms with Crippen molar-refractivity contribution in [3.8, 4) is 0 Å². The standard InChI is InChI=1S/C24H26N4/c1-18-26-12-15-28(18)17-20-16-19-6-2-3-8-22(19)24(27-13-10-25-11-14-27)23-9-5-4-7-21(20)23/h2-9,12,15-16,24-25H,10-11,13-14,17H2,1H3. The highest BCUT2D eigenvalue weighted by molar-refractivity contribution is 5.86. The third-order valence-electron chi connectivity index (χ3n) is 6.00. The van der Waals surface area contributed by atoms with Gasteiger partial charge in [0.1, 0.15) is 5.82 Å². The highest BCUT2D eigenvalue weighted by Gasteiger charge is 2.29. The van der Waals surface area contributed by atoms with Crippen LogP contribution < -0.4 is 5.32 Å². The minimum Gasteiger partial charge on any atom is -0.331 e. The summed E-state index contributed by atoms with van der Waals surface area (Å²) in [7, 11) is 0. The van der Waals surface area contributed by atoms with Crippen LogP contribution in [0.15, 0.2) is 60.9 Å². The Kier molecular flexibility index (Phi) is 4.59. The molecule has 2 aromatic carbocycles. The monoisotopic (exact) mass is 370 g/mol. The largest absolute Gasteiger partial charge is 0.331 e. The van der Waals surface area contributed by atoms with Crippen molar-refractivity contribution in [1.29, 1.82) is 0 Å². The molecule has 1 atom stereocenters. The summed E-state index contributed by atoms with van der Waals surface area (Å²) < 4.78 is 2.23. The molecular formula is C24H26N4. The lowest BCUT2D eigenvalue weighted by molar-refractivity contribution is 0.198. The summed E-state index contributed by atoms with van der Waals surface area (Å²) >= 11 is 0. The fraction of sp³-hybridized carbons (Fsp3) is 0.292. The molecule has 1 saturated heterocycles. The molecule has 4 nitrogen and oxygen atoms in total. The summed E-state index contributed by atoms with van der Waals surface area (Å²) in [4.78, 5) is 7.05. The Morgan fingerprint density at radius 3 is 2.54 bits per heavy atom. The van der Waals surface area contributed by atoms with E-state index in [1.807, 2.05) is 6.20 Å². The van der Waals surface area contributed by atoms with Crippen LogP contribution in [0.1, 0.15) is 34.1 Å². The number of nitrogens with zero attached hydrogens (tertiary/aromatic N) is 3. The van der Waals surface area contributed by atoms with Crippen LogP contribution in [0.2, 0.25) is 0 Å². The lowest BCUT2D eigenvalue weighted by atomic mass is 9.91. The van der Waals surface area contributed by atoms with Gasteiger partial charge in [0.25, 0.3) is 0 Å². The van der Waals surface area contributed by atoms with Crippen LogP contribution in [0.25, 0.3) is 11.6 Å². The Bertz CT molecular complexity index is 1010. The third-order valence-corrected chi connectivity index (χ3v) is 6.00. The van der Waals surface area contributed by atoms with E-state index in [9.17, 15) is 0 Å². The number of imidazole rings is 1. The van der Waals surface area contributed by atoms with E-state index in [-0.39, 0.29) is 0 Å². The van der Waals surface area contributed by atoms with Crippen molar-refractivity contribution in [1.82, 2.24) is 19.8 Å². The molecule has 1 fully saturated rings. The van der Waals surface area contributed by atoms with Crippen molar-refractivity contribution < 1.29 is 0 Å². The summed E-state index contributed by atoms with van der Waals surface area (Å²) in [5.74, 6) is 1.05. The summed E-state index contributed by atoms with van der Waals surface area (Å²) in [6, 6.07) is 18.1. The first-order valence-electron chi connectivity index (χ1n) is 10.1. The average Bonchev–Trinajstić information content (AvgIpc) is 3.08. The number of aryl methyl sites for hydroxylation is 1. The zero-order chi connectivity index (χ0) is 18.9. The van der Waals surface area contributed by atoms with Gasteiger partial charge in [-0.15, -0.1) is 0 Å². The molecule has 1 unspecified atom stereocenters. The number of benzene rings is 2. The molecule has 0 spiro atoms. The van der Waals surface area contributed by atoms with Crippen molar-refractivity contribution in [2.45, 2.75) is 19.5 Å². The number of hydrogen-bond donors (Lipinski definition) is 1. The van der Waals surface area contributed by atoms with Crippen LogP contribution in [0.3, 0.4) is 0 Å². The third kappa shape index (κ3) is 3.09. The maximum Gasteiger partial charge on any atom is 0.105 e. The smallest absolute Gasteiger partial charge is 0.105 e. The normalized spacial score (nSPS) is 19.5. The molecule has 3 aromatic rings. The lowest BCUT2D eigenvalue weighted by Crippen LogP contribution is -2.45. The van der Waals surface area contributed by atoms with Gasteiger partial charge in [0.15, 0.2) is 0 Å². The second-order valence-electron chi connectivity index (χ2n) is 7.68. The first-order valence-corrected chi connectivity index (χ1v) is 10.1. The molecule has 0 bridgehead atoms. The molecule has 0 radical (unpaired) electrons. The molecule has 2 heterocycles. The predicted octanol–water partition coefficient (Wildman–Crippen LogP) is 3.74. The minimum absolute atomic E-state index is 0.298. The Balaban J connectivity index is 1.67. The SMILES string of the molecule is Cc1nccn1CC1=Cc2ccccc2C(N2CCNCC2)c2ccccc21. The molecule has 4 heteroatoms. The molecule has 0 amide bonds. The van der Waals surface area contributed by atoms with Crippen LogP contribution in [0, 0.1) is 6.92 Å². The van der Waals surface area contributed by atoms with Crippen molar-refractivity contribution in [2.24, 2.45) is 0 Å². The fourth-order valence-electron chi connectivity index (χ4n) is 4.57. The van der Waals surface area contributed by atoms with Crippen LogP contribution in [-0.4, -0.2) is 40.6 Å². The van der Waals surface area contributed by atoms with Gasteiger partial charge in [-0.2, -0.15) is 0 Å². The van der Waals surface area contributed by atoms with Gasteiger partial charge in [0.2, 0.25) is 0 Å². The van der Waals surface area contributed by atoms with Gasteiger partial charge in [-0.25, -0.2) is 4.98 Å². The first-order chi connectivity index (χ1) is 13.8. The van der Waals surface area contributed by atoms with Crippen LogP contribution in [0.4, 0.5) is 0 Å². The molecule has 1 aromatic heterocycles. The van der Waals surface area contributed by atoms with Crippen LogP contribution >= 0.6 is 0 Å². The number of piperazine rings is 1. The van der Waals surface area contributed by atoms with Crippen LogP contribution in [-0.2, 0) is 6.54 Å².